The van der Waals surface area contributed by atoms with Gasteiger partial charge in [0.25, 0.3) is 0 Å². The number of halogens is 1. The number of hydrogen-bond donors (Lipinski definition) is 2. The third-order valence-electron chi connectivity index (χ3n) is 2.21. The molecule has 0 fully saturated rings. The lowest BCUT2D eigenvalue weighted by molar-refractivity contribution is 0.317. The maximum atomic E-state index is 5.66. The number of hydrogen-bond acceptors (Lipinski definition) is 3. The van der Waals surface area contributed by atoms with Gasteiger partial charge in [-0.1, -0.05) is 28.9 Å². The van der Waals surface area contributed by atoms with Crippen molar-refractivity contribution in [2.45, 2.75) is 13.3 Å². The normalized spacial score (nSPS) is 10.3. The lowest BCUT2D eigenvalue weighted by Gasteiger charge is -2.08. The molecule has 1 aromatic rings. The van der Waals surface area contributed by atoms with Crippen LogP contribution in [0.3, 0.4) is 0 Å². The summed E-state index contributed by atoms with van der Waals surface area (Å²) in [5, 5.41) is 7.47. The zero-order valence-electron chi connectivity index (χ0n) is 11.4. The van der Waals surface area contributed by atoms with Crippen LogP contribution >= 0.6 is 28.1 Å². The molecule has 0 aliphatic rings. The molecule has 6 heteroatoms. The highest BCUT2D eigenvalue weighted by molar-refractivity contribution is 9.10. The molecule has 0 saturated heterocycles. The fourth-order valence-corrected chi connectivity index (χ4v) is 1.84. The Bertz CT molecular complexity index is 491. The lowest BCUT2D eigenvalue weighted by Crippen LogP contribution is -2.31. The van der Waals surface area contributed by atoms with E-state index >= 15 is 0 Å². The Balaban J connectivity index is 2.66. The molecule has 0 aromatic heterocycles. The number of nitrogens with one attached hydrogen (secondary N) is 2. The molecule has 0 aliphatic carbocycles. The molecule has 0 unspecified atom stereocenters. The monoisotopic (exact) mass is 355 g/mol. The summed E-state index contributed by atoms with van der Waals surface area (Å²) in [6.45, 7) is 6.94. The van der Waals surface area contributed by atoms with Crippen molar-refractivity contribution < 1.29 is 4.74 Å². The molecule has 20 heavy (non-hydrogen) atoms. The smallest absolute Gasteiger partial charge is 0.187 e. The minimum absolute atomic E-state index is 0.451. The van der Waals surface area contributed by atoms with E-state index in [1.165, 1.54) is 0 Å². The second-order valence-electron chi connectivity index (χ2n) is 3.90. The first-order valence-corrected chi connectivity index (χ1v) is 7.47. The van der Waals surface area contributed by atoms with Gasteiger partial charge >= 0.3 is 0 Å². The Morgan fingerprint density at radius 3 is 3.05 bits per heavy atom. The van der Waals surface area contributed by atoms with Crippen molar-refractivity contribution in [2.24, 2.45) is 5.10 Å². The second-order valence-corrected chi connectivity index (χ2v) is 5.22. The maximum Gasteiger partial charge on any atom is 0.187 e. The molecular formula is C14H18BrN3OS. The van der Waals surface area contributed by atoms with E-state index < -0.39 is 0 Å². The van der Waals surface area contributed by atoms with Gasteiger partial charge in [-0.2, -0.15) is 5.10 Å². The SMILES string of the molecule is C=CCNC(=S)N/N=C\c1cc(Br)ccc1OCCC. The van der Waals surface area contributed by atoms with Gasteiger partial charge in [-0.3, -0.25) is 5.43 Å². The summed E-state index contributed by atoms with van der Waals surface area (Å²) in [5.74, 6) is 0.797. The molecule has 2 N–H and O–H groups in total. The first-order chi connectivity index (χ1) is 9.67. The van der Waals surface area contributed by atoms with Crippen LogP contribution in [0.25, 0.3) is 0 Å². The van der Waals surface area contributed by atoms with Crippen LogP contribution in [0.4, 0.5) is 0 Å². The third kappa shape index (κ3) is 6.16. The quantitative estimate of drug-likeness (QED) is 0.341. The molecule has 1 rings (SSSR count). The van der Waals surface area contributed by atoms with Gasteiger partial charge in [0.15, 0.2) is 5.11 Å². The van der Waals surface area contributed by atoms with Gasteiger partial charge in [-0.15, -0.1) is 6.58 Å². The van der Waals surface area contributed by atoms with Crippen molar-refractivity contribution in [3.8, 4) is 5.75 Å². The van der Waals surface area contributed by atoms with Crippen LogP contribution in [0, 0.1) is 0 Å². The molecule has 0 spiro atoms. The predicted octanol–water partition coefficient (Wildman–Crippen LogP) is 3.22. The fraction of sp³-hybridized carbons (Fsp3) is 0.286. The highest BCUT2D eigenvalue weighted by atomic mass is 79.9. The van der Waals surface area contributed by atoms with E-state index in [2.05, 4.69) is 45.3 Å². The number of nitrogens with zero attached hydrogens (tertiary/aromatic N) is 1. The highest BCUT2D eigenvalue weighted by Crippen LogP contribution is 2.21. The van der Waals surface area contributed by atoms with Crippen LogP contribution in [0.2, 0.25) is 0 Å². The van der Waals surface area contributed by atoms with Gasteiger partial charge in [0, 0.05) is 16.6 Å². The minimum atomic E-state index is 0.451. The van der Waals surface area contributed by atoms with E-state index in [-0.39, 0.29) is 0 Å². The highest BCUT2D eigenvalue weighted by Gasteiger charge is 2.02. The van der Waals surface area contributed by atoms with Gasteiger partial charge in [-0.25, -0.2) is 0 Å². The van der Waals surface area contributed by atoms with Gasteiger partial charge < -0.3 is 10.1 Å². The van der Waals surface area contributed by atoms with Gasteiger partial charge in [0.1, 0.15) is 5.75 Å². The average molecular weight is 356 g/mol. The fourth-order valence-electron chi connectivity index (χ4n) is 1.33. The van der Waals surface area contributed by atoms with E-state index in [1.54, 1.807) is 12.3 Å². The Kier molecular flexibility index (Phi) is 7.91. The summed E-state index contributed by atoms with van der Waals surface area (Å²) >= 11 is 8.47. The summed E-state index contributed by atoms with van der Waals surface area (Å²) in [6, 6.07) is 5.79. The van der Waals surface area contributed by atoms with E-state index in [0.717, 1.165) is 22.2 Å². The number of hydrazone groups is 1. The first kappa shape index (κ1) is 16.7. The van der Waals surface area contributed by atoms with Gasteiger partial charge in [0.05, 0.1) is 12.8 Å². The molecule has 0 radical (unpaired) electrons. The molecule has 4 nitrogen and oxygen atoms in total. The molecule has 0 heterocycles. The molecular weight excluding hydrogens is 338 g/mol. The van der Waals surface area contributed by atoms with Crippen molar-refractivity contribution >= 4 is 39.5 Å². The van der Waals surface area contributed by atoms with Crippen molar-refractivity contribution in [1.29, 1.82) is 0 Å². The molecule has 1 aromatic carbocycles. The summed E-state index contributed by atoms with van der Waals surface area (Å²) in [5.41, 5.74) is 3.62. The average Bonchev–Trinajstić information content (AvgIpc) is 2.44. The van der Waals surface area contributed by atoms with E-state index in [0.29, 0.717) is 18.3 Å². The summed E-state index contributed by atoms with van der Waals surface area (Å²) in [4.78, 5) is 0. The maximum absolute atomic E-state index is 5.66. The number of benzene rings is 1. The van der Waals surface area contributed by atoms with Crippen molar-refractivity contribution in [1.82, 2.24) is 10.7 Å². The number of rotatable bonds is 7. The molecule has 0 bridgehead atoms. The molecule has 0 amide bonds. The Morgan fingerprint density at radius 2 is 2.35 bits per heavy atom. The largest absolute Gasteiger partial charge is 0.493 e. The summed E-state index contributed by atoms with van der Waals surface area (Å²) in [7, 11) is 0. The number of ether oxygens (including phenoxy) is 1. The van der Waals surface area contributed by atoms with Crippen molar-refractivity contribution in [3.63, 3.8) is 0 Å². The number of thiocarbonyl (C=S) groups is 1. The lowest BCUT2D eigenvalue weighted by atomic mass is 10.2. The zero-order valence-corrected chi connectivity index (χ0v) is 13.8. The van der Waals surface area contributed by atoms with Gasteiger partial charge in [0.2, 0.25) is 0 Å². The third-order valence-corrected chi connectivity index (χ3v) is 2.94. The van der Waals surface area contributed by atoms with Crippen LogP contribution in [0.15, 0.2) is 40.4 Å². The predicted molar refractivity (Wildman–Crippen MR) is 91.5 cm³/mol. The molecule has 0 aliphatic heterocycles. The van der Waals surface area contributed by atoms with E-state index in [1.807, 2.05) is 18.2 Å². The standard InChI is InChI=1S/C14H18BrN3OS/c1-3-7-16-14(20)18-17-10-11-9-12(15)5-6-13(11)19-8-4-2/h3,5-6,9-10H,1,4,7-8H2,2H3,(H2,16,18,20)/b17-10-. The Morgan fingerprint density at radius 1 is 1.55 bits per heavy atom. The topological polar surface area (TPSA) is 45.7 Å². The van der Waals surface area contributed by atoms with E-state index in [9.17, 15) is 0 Å². The van der Waals surface area contributed by atoms with Crippen LogP contribution in [-0.2, 0) is 0 Å². The molecule has 108 valence electrons. The van der Waals surface area contributed by atoms with Crippen molar-refractivity contribution in [3.05, 3.63) is 40.9 Å². The molecule has 0 atom stereocenters. The summed E-state index contributed by atoms with van der Waals surface area (Å²) in [6.07, 6.45) is 4.36. The van der Waals surface area contributed by atoms with E-state index in [4.69, 9.17) is 17.0 Å². The zero-order chi connectivity index (χ0) is 14.8. The Labute approximate surface area is 133 Å². The van der Waals surface area contributed by atoms with Crippen LogP contribution in [0.5, 0.6) is 5.75 Å². The minimum Gasteiger partial charge on any atom is -0.493 e. The van der Waals surface area contributed by atoms with Gasteiger partial charge in [-0.05, 0) is 36.8 Å². The second kappa shape index (κ2) is 9.50. The van der Waals surface area contributed by atoms with Crippen molar-refractivity contribution in [2.75, 3.05) is 13.2 Å². The Hall–Kier alpha value is -1.40. The van der Waals surface area contributed by atoms with Crippen LogP contribution in [0.1, 0.15) is 18.9 Å². The summed E-state index contributed by atoms with van der Waals surface area (Å²) < 4.78 is 6.63. The molecule has 0 saturated carbocycles. The van der Waals surface area contributed by atoms with Crippen LogP contribution < -0.4 is 15.5 Å². The first-order valence-electron chi connectivity index (χ1n) is 6.27. The van der Waals surface area contributed by atoms with Crippen LogP contribution in [-0.4, -0.2) is 24.5 Å².